The molecule has 7 heteroatoms. The van der Waals surface area contributed by atoms with Crippen molar-refractivity contribution in [3.05, 3.63) is 60.8 Å². The molecule has 0 atom stereocenters. The van der Waals surface area contributed by atoms with E-state index in [2.05, 4.69) is 20.4 Å². The lowest BCUT2D eigenvalue weighted by molar-refractivity contribution is 0.102. The number of aromatic nitrogens is 4. The van der Waals surface area contributed by atoms with Crippen LogP contribution in [0.3, 0.4) is 0 Å². The van der Waals surface area contributed by atoms with Crippen molar-refractivity contribution >= 4 is 17.4 Å². The predicted octanol–water partition coefficient (Wildman–Crippen LogP) is 1.50. The van der Waals surface area contributed by atoms with Crippen molar-refractivity contribution in [3.63, 3.8) is 0 Å². The van der Waals surface area contributed by atoms with Gasteiger partial charge >= 0.3 is 0 Å². The molecule has 1 aromatic carbocycles. The molecule has 3 aromatic rings. The summed E-state index contributed by atoms with van der Waals surface area (Å²) in [7, 11) is 0. The molecule has 0 bridgehead atoms. The van der Waals surface area contributed by atoms with Crippen LogP contribution in [0.15, 0.2) is 55.1 Å². The molecule has 21 heavy (non-hydrogen) atoms. The van der Waals surface area contributed by atoms with Crippen molar-refractivity contribution in [2.45, 2.75) is 0 Å². The van der Waals surface area contributed by atoms with Crippen LogP contribution in [0.25, 0.3) is 5.69 Å². The van der Waals surface area contributed by atoms with Gasteiger partial charge in [0.15, 0.2) is 11.5 Å². The van der Waals surface area contributed by atoms with E-state index in [4.69, 9.17) is 5.73 Å². The zero-order chi connectivity index (χ0) is 14.7. The minimum Gasteiger partial charge on any atom is -0.399 e. The number of carbonyl (C=O) groups excluding carboxylic acids is 1. The van der Waals surface area contributed by atoms with Crippen molar-refractivity contribution in [2.75, 3.05) is 11.1 Å². The van der Waals surface area contributed by atoms with Crippen molar-refractivity contribution in [3.8, 4) is 5.69 Å². The number of nitrogens with two attached hydrogens (primary N) is 1. The highest BCUT2D eigenvalue weighted by Crippen LogP contribution is 2.12. The maximum Gasteiger partial charge on any atom is 0.277 e. The molecule has 3 N–H and O–H groups in total. The molecule has 3 rings (SSSR count). The molecule has 0 fully saturated rings. The number of carbonyl (C=O) groups is 1. The Labute approximate surface area is 120 Å². The normalized spacial score (nSPS) is 10.3. The second kappa shape index (κ2) is 5.41. The Bertz CT molecular complexity index is 768. The van der Waals surface area contributed by atoms with E-state index in [-0.39, 0.29) is 11.6 Å². The van der Waals surface area contributed by atoms with E-state index >= 15 is 0 Å². The number of nitrogens with zero attached hydrogens (tertiary/aromatic N) is 4. The fraction of sp³-hybridized carbons (Fsp3) is 0. The number of anilines is 2. The van der Waals surface area contributed by atoms with Gasteiger partial charge in [0.1, 0.15) is 0 Å². The van der Waals surface area contributed by atoms with Gasteiger partial charge in [0.05, 0.1) is 11.9 Å². The first-order valence-corrected chi connectivity index (χ1v) is 6.21. The smallest absolute Gasteiger partial charge is 0.277 e. The molecule has 7 nitrogen and oxygen atoms in total. The van der Waals surface area contributed by atoms with Crippen LogP contribution in [0.4, 0.5) is 11.5 Å². The van der Waals surface area contributed by atoms with Crippen molar-refractivity contribution < 1.29 is 4.79 Å². The lowest BCUT2D eigenvalue weighted by Crippen LogP contribution is -2.14. The summed E-state index contributed by atoms with van der Waals surface area (Å²) in [6.45, 7) is 0. The number of amides is 1. The number of nitrogens with one attached hydrogen (secondary N) is 1. The Hall–Kier alpha value is -3.22. The summed E-state index contributed by atoms with van der Waals surface area (Å²) in [5, 5.41) is 6.84. The molecule has 0 aliphatic carbocycles. The predicted molar refractivity (Wildman–Crippen MR) is 78.0 cm³/mol. The minimum atomic E-state index is -0.349. The van der Waals surface area contributed by atoms with Crippen LogP contribution >= 0.6 is 0 Å². The molecule has 1 amide bonds. The summed E-state index contributed by atoms with van der Waals surface area (Å²) in [5.74, 6) is 0.0270. The molecule has 2 heterocycles. The third-order valence-corrected chi connectivity index (χ3v) is 2.76. The first kappa shape index (κ1) is 12.8. The number of hydrogen-bond donors (Lipinski definition) is 2. The summed E-state index contributed by atoms with van der Waals surface area (Å²) in [4.78, 5) is 19.9. The minimum absolute atomic E-state index is 0.281. The number of rotatable bonds is 3. The molecule has 0 aliphatic rings. The number of hydrogen-bond acceptors (Lipinski definition) is 5. The van der Waals surface area contributed by atoms with E-state index < -0.39 is 0 Å². The monoisotopic (exact) mass is 280 g/mol. The van der Waals surface area contributed by atoms with Crippen LogP contribution < -0.4 is 11.1 Å². The van der Waals surface area contributed by atoms with Gasteiger partial charge in [-0.15, -0.1) is 0 Å². The van der Waals surface area contributed by atoms with Crippen LogP contribution in [-0.2, 0) is 0 Å². The zero-order valence-electron chi connectivity index (χ0n) is 11.0. The number of nitrogen functional groups attached to an aromatic ring is 1. The van der Waals surface area contributed by atoms with Gasteiger partial charge in [0, 0.05) is 24.3 Å². The van der Waals surface area contributed by atoms with Gasteiger partial charge in [0.2, 0.25) is 0 Å². The van der Waals surface area contributed by atoms with Gasteiger partial charge in [-0.05, 0) is 24.3 Å². The summed E-state index contributed by atoms with van der Waals surface area (Å²) >= 11 is 0. The van der Waals surface area contributed by atoms with Crippen LogP contribution in [0.1, 0.15) is 10.5 Å². The van der Waals surface area contributed by atoms with E-state index in [9.17, 15) is 4.79 Å². The summed E-state index contributed by atoms with van der Waals surface area (Å²) < 4.78 is 1.59. The molecular formula is C14H12N6O. The van der Waals surface area contributed by atoms with E-state index in [0.29, 0.717) is 11.5 Å². The Kier molecular flexibility index (Phi) is 3.30. The highest BCUT2D eigenvalue weighted by atomic mass is 16.2. The molecule has 0 radical (unpaired) electrons. The Morgan fingerprint density at radius 3 is 2.90 bits per heavy atom. The van der Waals surface area contributed by atoms with Crippen LogP contribution in [0.5, 0.6) is 0 Å². The van der Waals surface area contributed by atoms with E-state index in [1.165, 1.54) is 18.6 Å². The topological polar surface area (TPSA) is 98.7 Å². The SMILES string of the molecule is Nc1cccc(-n2ccc(C(=O)Nc3cnccn3)n2)c1. The summed E-state index contributed by atoms with van der Waals surface area (Å²) in [5.41, 5.74) is 7.43. The largest absolute Gasteiger partial charge is 0.399 e. The maximum atomic E-state index is 12.0. The van der Waals surface area contributed by atoms with Crippen LogP contribution in [-0.4, -0.2) is 25.7 Å². The highest BCUT2D eigenvalue weighted by molar-refractivity contribution is 6.02. The van der Waals surface area contributed by atoms with Gasteiger partial charge < -0.3 is 11.1 Å². The standard InChI is InChI=1S/C14H12N6O/c15-10-2-1-3-11(8-10)20-7-4-12(19-20)14(21)18-13-9-16-5-6-17-13/h1-9H,15H2,(H,17,18,21). The van der Waals surface area contributed by atoms with Crippen LogP contribution in [0.2, 0.25) is 0 Å². The first-order valence-electron chi connectivity index (χ1n) is 6.21. The average Bonchev–Trinajstić information content (AvgIpc) is 2.98. The van der Waals surface area contributed by atoms with E-state index in [1.807, 2.05) is 12.1 Å². The molecule has 0 spiro atoms. The third kappa shape index (κ3) is 2.86. The molecular weight excluding hydrogens is 268 g/mol. The maximum absolute atomic E-state index is 12.0. The van der Waals surface area contributed by atoms with E-state index in [1.54, 1.807) is 29.1 Å². The molecule has 0 saturated heterocycles. The number of benzene rings is 1. The van der Waals surface area contributed by atoms with Gasteiger partial charge in [-0.1, -0.05) is 6.07 Å². The van der Waals surface area contributed by atoms with Gasteiger partial charge in [-0.2, -0.15) is 5.10 Å². The molecule has 0 aliphatic heterocycles. The van der Waals surface area contributed by atoms with Gasteiger partial charge in [-0.25, -0.2) is 9.67 Å². The Morgan fingerprint density at radius 1 is 1.24 bits per heavy atom. The van der Waals surface area contributed by atoms with E-state index in [0.717, 1.165) is 5.69 Å². The average molecular weight is 280 g/mol. The lowest BCUT2D eigenvalue weighted by Gasteiger charge is -2.02. The third-order valence-electron chi connectivity index (χ3n) is 2.76. The van der Waals surface area contributed by atoms with Crippen LogP contribution in [0, 0.1) is 0 Å². The first-order chi connectivity index (χ1) is 10.2. The van der Waals surface area contributed by atoms with Crippen molar-refractivity contribution in [1.82, 2.24) is 19.7 Å². The summed E-state index contributed by atoms with van der Waals surface area (Å²) in [6, 6.07) is 8.86. The fourth-order valence-corrected chi connectivity index (χ4v) is 1.80. The van der Waals surface area contributed by atoms with Crippen molar-refractivity contribution in [1.29, 1.82) is 0 Å². The van der Waals surface area contributed by atoms with Gasteiger partial charge in [-0.3, -0.25) is 9.78 Å². The molecule has 104 valence electrons. The molecule has 0 unspecified atom stereocenters. The van der Waals surface area contributed by atoms with Crippen molar-refractivity contribution in [2.24, 2.45) is 0 Å². The summed E-state index contributed by atoms with van der Waals surface area (Å²) in [6.07, 6.45) is 6.19. The molecule has 0 saturated carbocycles. The quantitative estimate of drug-likeness (QED) is 0.708. The Morgan fingerprint density at radius 2 is 2.14 bits per heavy atom. The highest BCUT2D eigenvalue weighted by Gasteiger charge is 2.11. The Balaban J connectivity index is 1.80. The lowest BCUT2D eigenvalue weighted by atomic mass is 10.3. The molecule has 2 aromatic heterocycles. The fourth-order valence-electron chi connectivity index (χ4n) is 1.80. The second-order valence-electron chi connectivity index (χ2n) is 4.29. The second-order valence-corrected chi connectivity index (χ2v) is 4.29. The van der Waals surface area contributed by atoms with Gasteiger partial charge in [0.25, 0.3) is 5.91 Å². The zero-order valence-corrected chi connectivity index (χ0v) is 11.0.